The van der Waals surface area contributed by atoms with Crippen molar-refractivity contribution in [3.05, 3.63) is 64.6 Å². The number of aromatic nitrogens is 1. The van der Waals surface area contributed by atoms with Crippen LogP contribution in [0.2, 0.25) is 0 Å². The van der Waals surface area contributed by atoms with Gasteiger partial charge in [-0.05, 0) is 49.1 Å². The molecule has 0 amide bonds. The van der Waals surface area contributed by atoms with Gasteiger partial charge in [-0.15, -0.1) is 0 Å². The van der Waals surface area contributed by atoms with E-state index in [1.165, 1.54) is 6.92 Å². The van der Waals surface area contributed by atoms with Crippen LogP contribution in [-0.2, 0) is 4.79 Å². The van der Waals surface area contributed by atoms with Gasteiger partial charge in [0.05, 0.1) is 11.4 Å². The van der Waals surface area contributed by atoms with E-state index >= 15 is 0 Å². The van der Waals surface area contributed by atoms with Crippen molar-refractivity contribution in [2.24, 2.45) is 5.92 Å². The Morgan fingerprint density at radius 2 is 1.74 bits per heavy atom. The predicted molar refractivity (Wildman–Crippen MR) is 109 cm³/mol. The zero-order valence-corrected chi connectivity index (χ0v) is 17.2. The van der Waals surface area contributed by atoms with Crippen LogP contribution in [0.5, 0.6) is 5.75 Å². The number of hydrogen-bond acceptors (Lipinski definition) is 3. The fourth-order valence-electron chi connectivity index (χ4n) is 3.82. The minimum atomic E-state index is -1.22. The number of carbonyl (C=O) groups excluding carboxylic acids is 1. The van der Waals surface area contributed by atoms with Crippen molar-refractivity contribution in [1.29, 1.82) is 0 Å². The quantitative estimate of drug-likeness (QED) is 0.548. The average molecular weight is 433 g/mol. The fourth-order valence-corrected chi connectivity index (χ4v) is 3.82. The van der Waals surface area contributed by atoms with Gasteiger partial charge in [-0.1, -0.05) is 20.3 Å². The Kier molecular flexibility index (Phi) is 6.10. The number of fused-ring (bicyclic) bond motifs is 1. The van der Waals surface area contributed by atoms with Gasteiger partial charge in [-0.25, -0.2) is 13.2 Å². The largest absolute Gasteiger partial charge is 0.505 e. The third kappa shape index (κ3) is 4.02. The predicted octanol–water partition coefficient (Wildman–Crippen LogP) is 5.37. The number of aromatic hydroxyl groups is 1. The molecule has 1 aromatic heterocycles. The summed E-state index contributed by atoms with van der Waals surface area (Å²) in [6.07, 6.45) is 0.998. The molecule has 0 aliphatic heterocycles. The molecule has 164 valence electrons. The lowest BCUT2D eigenvalue weighted by atomic mass is 9.87. The first-order chi connectivity index (χ1) is 14.6. The first-order valence-electron chi connectivity index (χ1n) is 9.82. The topological polar surface area (TPSA) is 79.5 Å². The number of halogens is 3. The van der Waals surface area contributed by atoms with E-state index in [1.54, 1.807) is 0 Å². The summed E-state index contributed by atoms with van der Waals surface area (Å²) in [5, 5.41) is 20.0. The van der Waals surface area contributed by atoms with Gasteiger partial charge < -0.3 is 10.2 Å². The highest BCUT2D eigenvalue weighted by molar-refractivity contribution is 6.05. The van der Waals surface area contributed by atoms with E-state index in [1.807, 2.05) is 13.8 Å². The van der Waals surface area contributed by atoms with Gasteiger partial charge in [-0.2, -0.15) is 0 Å². The summed E-state index contributed by atoms with van der Waals surface area (Å²) in [6.45, 7) is 5.33. The zero-order chi connectivity index (χ0) is 23.0. The van der Waals surface area contributed by atoms with Crippen LogP contribution in [0.3, 0.4) is 0 Å². The highest BCUT2D eigenvalue weighted by atomic mass is 19.2. The summed E-state index contributed by atoms with van der Waals surface area (Å²) in [4.78, 5) is 25.3. The monoisotopic (exact) mass is 433 g/mol. The molecule has 0 fully saturated rings. The number of aliphatic carboxylic acids is 1. The second-order valence-corrected chi connectivity index (χ2v) is 7.73. The van der Waals surface area contributed by atoms with Crippen molar-refractivity contribution >= 4 is 22.8 Å². The molecular weight excluding hydrogens is 411 g/mol. The molecule has 3 rings (SSSR count). The third-order valence-corrected chi connectivity index (χ3v) is 5.67. The summed E-state index contributed by atoms with van der Waals surface area (Å²) >= 11 is 0. The maximum atomic E-state index is 14.2. The van der Waals surface area contributed by atoms with E-state index in [2.05, 4.69) is 0 Å². The van der Waals surface area contributed by atoms with Crippen LogP contribution >= 0.6 is 0 Å². The second-order valence-electron chi connectivity index (χ2n) is 7.73. The molecule has 0 spiro atoms. The van der Waals surface area contributed by atoms with Crippen molar-refractivity contribution in [2.45, 2.75) is 39.5 Å². The number of benzene rings is 2. The molecule has 3 aromatic rings. The SMILES string of the molecule is CCC(C)C[C@H](C(=O)O)c1c(C)n(C(=O)c2ccc(F)c(F)c2)c2cc(F)c(O)cc12. The van der Waals surface area contributed by atoms with Gasteiger partial charge in [-0.3, -0.25) is 14.2 Å². The van der Waals surface area contributed by atoms with Gasteiger partial charge >= 0.3 is 5.97 Å². The van der Waals surface area contributed by atoms with E-state index in [-0.39, 0.29) is 40.1 Å². The number of hydrogen-bond donors (Lipinski definition) is 2. The maximum absolute atomic E-state index is 14.2. The van der Waals surface area contributed by atoms with Gasteiger partial charge in [0, 0.05) is 22.7 Å². The Morgan fingerprint density at radius 1 is 1.06 bits per heavy atom. The minimum Gasteiger partial charge on any atom is -0.505 e. The minimum absolute atomic E-state index is 0.0351. The van der Waals surface area contributed by atoms with Crippen molar-refractivity contribution in [2.75, 3.05) is 0 Å². The molecule has 31 heavy (non-hydrogen) atoms. The van der Waals surface area contributed by atoms with E-state index in [0.29, 0.717) is 0 Å². The Hall–Kier alpha value is -3.29. The van der Waals surface area contributed by atoms with E-state index < -0.39 is 41.0 Å². The number of rotatable bonds is 6. The van der Waals surface area contributed by atoms with Crippen molar-refractivity contribution in [3.8, 4) is 5.75 Å². The molecule has 0 aliphatic carbocycles. The number of carbonyl (C=O) groups is 2. The maximum Gasteiger partial charge on any atom is 0.311 e. The normalized spacial score (nSPS) is 13.4. The summed E-state index contributed by atoms with van der Waals surface area (Å²) in [5.41, 5.74) is 0.347. The zero-order valence-electron chi connectivity index (χ0n) is 17.2. The van der Waals surface area contributed by atoms with Crippen LogP contribution in [-0.4, -0.2) is 26.7 Å². The third-order valence-electron chi connectivity index (χ3n) is 5.67. The van der Waals surface area contributed by atoms with Gasteiger partial charge in [0.1, 0.15) is 0 Å². The average Bonchev–Trinajstić information content (AvgIpc) is 2.98. The van der Waals surface area contributed by atoms with Crippen LogP contribution in [0.25, 0.3) is 10.9 Å². The Morgan fingerprint density at radius 3 is 2.32 bits per heavy atom. The number of carboxylic acids is 1. The number of phenolic OH excluding ortho intramolecular Hbond substituents is 1. The van der Waals surface area contributed by atoms with Crippen LogP contribution in [0.1, 0.15) is 54.2 Å². The molecule has 5 nitrogen and oxygen atoms in total. The molecule has 0 radical (unpaired) electrons. The molecular formula is C23H22F3NO4. The van der Waals surface area contributed by atoms with Crippen LogP contribution in [0.4, 0.5) is 13.2 Å². The fraction of sp³-hybridized carbons (Fsp3) is 0.304. The molecule has 2 aromatic carbocycles. The van der Waals surface area contributed by atoms with E-state index in [9.17, 15) is 33.0 Å². The van der Waals surface area contributed by atoms with Gasteiger partial charge in [0.15, 0.2) is 23.2 Å². The molecule has 2 N–H and O–H groups in total. The van der Waals surface area contributed by atoms with Gasteiger partial charge in [0.2, 0.25) is 0 Å². The molecule has 0 saturated heterocycles. The molecule has 0 bridgehead atoms. The molecule has 1 unspecified atom stereocenters. The summed E-state index contributed by atoms with van der Waals surface area (Å²) in [5.74, 6) is -6.87. The highest BCUT2D eigenvalue weighted by Gasteiger charge is 2.31. The summed E-state index contributed by atoms with van der Waals surface area (Å²) in [6, 6.07) is 4.65. The van der Waals surface area contributed by atoms with E-state index in [4.69, 9.17) is 0 Å². The molecule has 8 heteroatoms. The summed E-state index contributed by atoms with van der Waals surface area (Å²) < 4.78 is 42.3. The Labute approximate surface area is 176 Å². The van der Waals surface area contributed by atoms with Crippen LogP contribution < -0.4 is 0 Å². The van der Waals surface area contributed by atoms with Crippen molar-refractivity contribution in [1.82, 2.24) is 4.57 Å². The first-order valence-corrected chi connectivity index (χ1v) is 9.82. The smallest absolute Gasteiger partial charge is 0.311 e. The molecule has 0 aliphatic rings. The first kappa shape index (κ1) is 22.4. The van der Waals surface area contributed by atoms with Crippen LogP contribution in [0.15, 0.2) is 30.3 Å². The van der Waals surface area contributed by atoms with Crippen molar-refractivity contribution < 1.29 is 33.0 Å². The highest BCUT2D eigenvalue weighted by Crippen LogP contribution is 2.38. The molecule has 1 heterocycles. The van der Waals surface area contributed by atoms with Crippen molar-refractivity contribution in [3.63, 3.8) is 0 Å². The Bertz CT molecular complexity index is 1190. The van der Waals surface area contributed by atoms with Gasteiger partial charge in [0.25, 0.3) is 5.91 Å². The van der Waals surface area contributed by atoms with E-state index in [0.717, 1.165) is 41.3 Å². The number of phenols is 1. The lowest BCUT2D eigenvalue weighted by Gasteiger charge is -2.17. The second kappa shape index (κ2) is 8.45. The standard InChI is InChI=1S/C23H22F3NO4/c1-4-11(2)7-15(23(30)31)21-12(3)27(19-10-18(26)20(28)9-14(19)21)22(29)13-5-6-16(24)17(25)8-13/h5-6,8-11,15,28H,4,7H2,1-3H3,(H,30,31)/t11?,15-/m0/s1. The lowest BCUT2D eigenvalue weighted by Crippen LogP contribution is -2.18. The van der Waals surface area contributed by atoms with Crippen LogP contribution in [0, 0.1) is 30.3 Å². The summed E-state index contributed by atoms with van der Waals surface area (Å²) in [7, 11) is 0. The molecule has 0 saturated carbocycles. The molecule has 2 atom stereocenters. The number of nitrogens with zero attached hydrogens (tertiary/aromatic N) is 1. The number of carboxylic acid groups (broad SMARTS) is 1. The Balaban J connectivity index is 2.30. The lowest BCUT2D eigenvalue weighted by molar-refractivity contribution is -0.139.